The number of carbonyl (C=O) groups excluding carboxylic acids is 1. The molecule has 3 heteroatoms. The SMILES string of the molecule is CCc1c(N)cccc1C(Br)C(C)=O. The van der Waals surface area contributed by atoms with Crippen LogP contribution in [-0.4, -0.2) is 5.78 Å². The lowest BCUT2D eigenvalue weighted by molar-refractivity contribution is -0.116. The summed E-state index contributed by atoms with van der Waals surface area (Å²) in [5.74, 6) is 0.102. The maximum absolute atomic E-state index is 11.2. The number of hydrogen-bond donors (Lipinski definition) is 1. The molecule has 0 amide bonds. The smallest absolute Gasteiger partial charge is 0.147 e. The summed E-state index contributed by atoms with van der Waals surface area (Å²) >= 11 is 3.37. The Morgan fingerprint density at radius 3 is 2.71 bits per heavy atom. The van der Waals surface area contributed by atoms with Crippen molar-refractivity contribution in [3.05, 3.63) is 29.3 Å². The Labute approximate surface area is 92.6 Å². The van der Waals surface area contributed by atoms with Crippen molar-refractivity contribution in [1.82, 2.24) is 0 Å². The first-order valence-corrected chi connectivity index (χ1v) is 5.51. The second kappa shape index (κ2) is 4.60. The average molecular weight is 256 g/mol. The van der Waals surface area contributed by atoms with Crippen LogP contribution < -0.4 is 5.73 Å². The lowest BCUT2D eigenvalue weighted by Gasteiger charge is -2.13. The molecule has 0 radical (unpaired) electrons. The highest BCUT2D eigenvalue weighted by Crippen LogP contribution is 2.30. The highest BCUT2D eigenvalue weighted by atomic mass is 79.9. The van der Waals surface area contributed by atoms with Gasteiger partial charge in [0.2, 0.25) is 0 Å². The summed E-state index contributed by atoms with van der Waals surface area (Å²) in [4.78, 5) is 11.0. The third-order valence-electron chi connectivity index (χ3n) is 2.23. The van der Waals surface area contributed by atoms with Crippen LogP contribution in [0.15, 0.2) is 18.2 Å². The molecule has 1 unspecified atom stereocenters. The van der Waals surface area contributed by atoms with Gasteiger partial charge in [0.05, 0.1) is 4.83 Å². The van der Waals surface area contributed by atoms with Crippen LogP contribution in [0.4, 0.5) is 5.69 Å². The third kappa shape index (κ3) is 2.15. The van der Waals surface area contributed by atoms with Crippen molar-refractivity contribution in [3.63, 3.8) is 0 Å². The summed E-state index contributed by atoms with van der Waals surface area (Å²) in [5.41, 5.74) is 8.64. The summed E-state index contributed by atoms with van der Waals surface area (Å²) in [6.45, 7) is 3.61. The van der Waals surface area contributed by atoms with E-state index < -0.39 is 0 Å². The Kier molecular flexibility index (Phi) is 3.69. The van der Waals surface area contributed by atoms with Crippen molar-refractivity contribution in [2.24, 2.45) is 0 Å². The molecule has 0 bridgehead atoms. The van der Waals surface area contributed by atoms with E-state index in [9.17, 15) is 4.79 Å². The number of rotatable bonds is 3. The van der Waals surface area contributed by atoms with Crippen LogP contribution in [-0.2, 0) is 11.2 Å². The molecule has 0 aliphatic carbocycles. The number of ketones is 1. The molecule has 2 N–H and O–H groups in total. The third-order valence-corrected chi connectivity index (χ3v) is 3.37. The topological polar surface area (TPSA) is 43.1 Å². The molecule has 14 heavy (non-hydrogen) atoms. The Balaban J connectivity index is 3.20. The fourth-order valence-electron chi connectivity index (χ4n) is 1.49. The molecule has 1 aromatic rings. The van der Waals surface area contributed by atoms with E-state index in [0.717, 1.165) is 23.2 Å². The van der Waals surface area contributed by atoms with Gasteiger partial charge in [-0.1, -0.05) is 35.0 Å². The number of hydrogen-bond acceptors (Lipinski definition) is 2. The van der Waals surface area contributed by atoms with Crippen molar-refractivity contribution in [2.45, 2.75) is 25.1 Å². The van der Waals surface area contributed by atoms with Crippen LogP contribution in [0, 0.1) is 0 Å². The first kappa shape index (κ1) is 11.2. The summed E-state index contributed by atoms with van der Waals surface area (Å²) < 4.78 is 0. The van der Waals surface area contributed by atoms with Crippen molar-refractivity contribution < 1.29 is 4.79 Å². The minimum absolute atomic E-state index is 0.102. The fraction of sp³-hybridized carbons (Fsp3) is 0.364. The van der Waals surface area contributed by atoms with Gasteiger partial charge in [-0.2, -0.15) is 0 Å². The van der Waals surface area contributed by atoms with E-state index in [1.54, 1.807) is 6.92 Å². The van der Waals surface area contributed by atoms with E-state index >= 15 is 0 Å². The van der Waals surface area contributed by atoms with E-state index in [0.29, 0.717) is 0 Å². The number of nitrogen functional groups attached to an aromatic ring is 1. The molecule has 0 aliphatic rings. The van der Waals surface area contributed by atoms with E-state index in [-0.39, 0.29) is 10.6 Å². The summed E-state index contributed by atoms with van der Waals surface area (Å²) in [7, 11) is 0. The zero-order valence-corrected chi connectivity index (χ0v) is 9.97. The van der Waals surface area contributed by atoms with E-state index in [2.05, 4.69) is 15.9 Å². The van der Waals surface area contributed by atoms with Crippen molar-refractivity contribution in [2.75, 3.05) is 5.73 Å². The molecule has 1 atom stereocenters. The molecule has 0 saturated carbocycles. The van der Waals surface area contributed by atoms with Gasteiger partial charge in [-0.25, -0.2) is 0 Å². The zero-order valence-electron chi connectivity index (χ0n) is 8.38. The largest absolute Gasteiger partial charge is 0.398 e. The lowest BCUT2D eigenvalue weighted by atomic mass is 9.99. The summed E-state index contributed by atoms with van der Waals surface area (Å²) in [6.07, 6.45) is 0.845. The maximum Gasteiger partial charge on any atom is 0.147 e. The van der Waals surface area contributed by atoms with Gasteiger partial charge in [-0.15, -0.1) is 0 Å². The maximum atomic E-state index is 11.2. The highest BCUT2D eigenvalue weighted by Gasteiger charge is 2.16. The molecule has 0 saturated heterocycles. The number of carbonyl (C=O) groups is 1. The summed E-state index contributed by atoms with van der Waals surface area (Å²) in [6, 6.07) is 5.68. The lowest BCUT2D eigenvalue weighted by Crippen LogP contribution is -2.06. The number of Topliss-reactive ketones (excluding diaryl/α,β-unsaturated/α-hetero) is 1. The average Bonchev–Trinajstić information content (AvgIpc) is 2.16. The number of nitrogens with two attached hydrogens (primary N) is 1. The molecule has 0 spiro atoms. The van der Waals surface area contributed by atoms with Gasteiger partial charge in [-0.3, -0.25) is 4.79 Å². The van der Waals surface area contributed by atoms with Crippen LogP contribution in [0.25, 0.3) is 0 Å². The second-order valence-corrected chi connectivity index (χ2v) is 4.16. The highest BCUT2D eigenvalue weighted by molar-refractivity contribution is 9.09. The second-order valence-electron chi connectivity index (χ2n) is 3.24. The minimum atomic E-state index is -0.235. The van der Waals surface area contributed by atoms with Gasteiger partial charge < -0.3 is 5.73 Å². The van der Waals surface area contributed by atoms with E-state index in [1.165, 1.54) is 0 Å². The Hall–Kier alpha value is -0.830. The van der Waals surface area contributed by atoms with Crippen molar-refractivity contribution in [3.8, 4) is 0 Å². The van der Waals surface area contributed by atoms with Crippen LogP contribution in [0.2, 0.25) is 0 Å². The number of benzene rings is 1. The molecule has 0 fully saturated rings. The Morgan fingerprint density at radius 2 is 2.21 bits per heavy atom. The van der Waals surface area contributed by atoms with Crippen LogP contribution in [0.3, 0.4) is 0 Å². The van der Waals surface area contributed by atoms with Gasteiger partial charge in [0.1, 0.15) is 5.78 Å². The molecule has 1 aromatic carbocycles. The Morgan fingerprint density at radius 1 is 1.57 bits per heavy atom. The predicted molar refractivity (Wildman–Crippen MR) is 62.6 cm³/mol. The Bertz CT molecular complexity index is 349. The van der Waals surface area contributed by atoms with Gasteiger partial charge >= 0.3 is 0 Å². The van der Waals surface area contributed by atoms with Crippen molar-refractivity contribution >= 4 is 27.4 Å². The van der Waals surface area contributed by atoms with Crippen LogP contribution in [0.5, 0.6) is 0 Å². The molecular formula is C11H14BrNO. The predicted octanol–water partition coefficient (Wildman–Crippen LogP) is 2.86. The van der Waals surface area contributed by atoms with Gasteiger partial charge in [0.25, 0.3) is 0 Å². The van der Waals surface area contributed by atoms with Gasteiger partial charge in [0.15, 0.2) is 0 Å². The van der Waals surface area contributed by atoms with E-state index in [4.69, 9.17) is 5.73 Å². The number of alkyl halides is 1. The van der Waals surface area contributed by atoms with Gasteiger partial charge in [0, 0.05) is 5.69 Å². The molecule has 2 nitrogen and oxygen atoms in total. The minimum Gasteiger partial charge on any atom is -0.398 e. The van der Waals surface area contributed by atoms with Crippen molar-refractivity contribution in [1.29, 1.82) is 0 Å². The van der Waals surface area contributed by atoms with Gasteiger partial charge in [-0.05, 0) is 30.5 Å². The summed E-state index contributed by atoms with van der Waals surface area (Å²) in [5, 5.41) is 0. The van der Waals surface area contributed by atoms with E-state index in [1.807, 2.05) is 25.1 Å². The number of anilines is 1. The molecule has 0 heterocycles. The number of halogens is 1. The molecule has 0 aliphatic heterocycles. The normalized spacial score (nSPS) is 12.5. The van der Waals surface area contributed by atoms with Crippen LogP contribution >= 0.6 is 15.9 Å². The monoisotopic (exact) mass is 255 g/mol. The fourth-order valence-corrected chi connectivity index (χ4v) is 1.92. The quantitative estimate of drug-likeness (QED) is 0.667. The molecule has 1 rings (SSSR count). The molecule has 76 valence electrons. The standard InChI is InChI=1S/C11H14BrNO/c1-3-8-9(11(12)7(2)14)5-4-6-10(8)13/h4-6,11H,3,13H2,1-2H3. The molecular weight excluding hydrogens is 242 g/mol. The first-order chi connectivity index (χ1) is 6.57. The van der Waals surface area contributed by atoms with Crippen LogP contribution in [0.1, 0.15) is 29.8 Å². The first-order valence-electron chi connectivity index (χ1n) is 4.59. The zero-order chi connectivity index (χ0) is 10.7. The molecule has 0 aromatic heterocycles.